The summed E-state index contributed by atoms with van der Waals surface area (Å²) >= 11 is 0. The monoisotopic (exact) mass is 460 g/mol. The third-order valence-electron chi connectivity index (χ3n) is 5.35. The van der Waals surface area contributed by atoms with Crippen LogP contribution in [0.1, 0.15) is 18.9 Å². The Bertz CT molecular complexity index is 1030. The fraction of sp³-hybridized carbons (Fsp3) is 0.364. The topological polar surface area (TPSA) is 119 Å². The molecule has 2 amide bonds. The molecule has 9 nitrogen and oxygen atoms in total. The molecule has 32 heavy (non-hydrogen) atoms. The molecule has 1 heterocycles. The highest BCUT2D eigenvalue weighted by molar-refractivity contribution is 7.89. The highest BCUT2D eigenvalue weighted by Crippen LogP contribution is 2.17. The molecule has 1 aliphatic rings. The Morgan fingerprint density at radius 1 is 1.09 bits per heavy atom. The van der Waals surface area contributed by atoms with Gasteiger partial charge in [0.05, 0.1) is 4.90 Å². The third-order valence-corrected chi connectivity index (χ3v) is 6.76. The second kappa shape index (κ2) is 10.5. The molecule has 1 fully saturated rings. The van der Waals surface area contributed by atoms with Crippen LogP contribution in [0, 0.1) is 0 Å². The van der Waals surface area contributed by atoms with Gasteiger partial charge in [0.15, 0.2) is 6.61 Å². The van der Waals surface area contributed by atoms with Gasteiger partial charge in [0.2, 0.25) is 10.0 Å². The summed E-state index contributed by atoms with van der Waals surface area (Å²) in [5.41, 5.74) is 0.848. The van der Waals surface area contributed by atoms with Crippen molar-refractivity contribution in [1.29, 1.82) is 0 Å². The Morgan fingerprint density at radius 3 is 2.41 bits per heavy atom. The van der Waals surface area contributed by atoms with Crippen LogP contribution in [0.15, 0.2) is 59.5 Å². The third kappa shape index (κ3) is 5.98. The summed E-state index contributed by atoms with van der Waals surface area (Å²) in [4.78, 5) is 26.5. The van der Waals surface area contributed by atoms with E-state index in [0.717, 1.165) is 5.56 Å². The molecule has 0 radical (unpaired) electrons. The second-order valence-corrected chi connectivity index (χ2v) is 9.20. The summed E-state index contributed by atoms with van der Waals surface area (Å²) < 4.78 is 33.0. The van der Waals surface area contributed by atoms with Crippen molar-refractivity contribution in [3.05, 3.63) is 60.2 Å². The van der Waals surface area contributed by atoms with E-state index in [9.17, 15) is 23.1 Å². The Balaban J connectivity index is 1.52. The van der Waals surface area contributed by atoms with Crippen LogP contribution in [0.4, 0.5) is 4.79 Å². The lowest BCUT2D eigenvalue weighted by atomic mass is 10.1. The number of amides is 2. The number of hydrogen-bond acceptors (Lipinski definition) is 6. The standard InChI is InChI=1S/C22H27N3O6S/c1-2-18-15-24(12-13-25(18)22(27)28)21(26)16-31-19-8-10-20(11-9-19)32(29,30)23-14-17-6-4-3-5-7-17/h3-11,18,23H,2,12-16H2,1H3,(H,27,28)/p-1. The van der Waals surface area contributed by atoms with Gasteiger partial charge in [-0.15, -0.1) is 0 Å². The van der Waals surface area contributed by atoms with Crippen molar-refractivity contribution in [3.63, 3.8) is 0 Å². The highest BCUT2D eigenvalue weighted by Gasteiger charge is 2.28. The molecular formula is C22H26N3O6S-. The number of hydrogen-bond donors (Lipinski definition) is 1. The summed E-state index contributed by atoms with van der Waals surface area (Å²) in [6, 6.07) is 14.7. The molecule has 2 aromatic rings. The number of rotatable bonds is 8. The van der Waals surface area contributed by atoms with Crippen molar-refractivity contribution >= 4 is 22.0 Å². The molecular weight excluding hydrogens is 434 g/mol. The first kappa shape index (κ1) is 23.6. The number of nitrogens with one attached hydrogen (secondary N) is 1. The van der Waals surface area contributed by atoms with Gasteiger partial charge >= 0.3 is 0 Å². The fourth-order valence-electron chi connectivity index (χ4n) is 3.48. The number of carboxylic acid groups (broad SMARTS) is 1. The second-order valence-electron chi connectivity index (χ2n) is 7.43. The van der Waals surface area contributed by atoms with Crippen LogP contribution in [0.2, 0.25) is 0 Å². The van der Waals surface area contributed by atoms with Crippen molar-refractivity contribution in [2.24, 2.45) is 0 Å². The first-order valence-electron chi connectivity index (χ1n) is 10.3. The van der Waals surface area contributed by atoms with E-state index >= 15 is 0 Å². The van der Waals surface area contributed by atoms with Crippen LogP contribution >= 0.6 is 0 Å². The Labute approximate surface area is 187 Å². The molecule has 0 aromatic heterocycles. The molecule has 1 saturated heterocycles. The average Bonchev–Trinajstić information content (AvgIpc) is 2.81. The van der Waals surface area contributed by atoms with E-state index in [2.05, 4.69) is 4.72 Å². The van der Waals surface area contributed by atoms with Crippen LogP contribution < -0.4 is 14.6 Å². The van der Waals surface area contributed by atoms with Gasteiger partial charge < -0.3 is 24.4 Å². The van der Waals surface area contributed by atoms with Crippen molar-refractivity contribution in [3.8, 4) is 5.75 Å². The number of benzene rings is 2. The molecule has 1 unspecified atom stereocenters. The van der Waals surface area contributed by atoms with Gasteiger partial charge in [-0.2, -0.15) is 0 Å². The van der Waals surface area contributed by atoms with Crippen LogP contribution in [-0.4, -0.2) is 62.5 Å². The van der Waals surface area contributed by atoms with E-state index in [1.165, 1.54) is 29.2 Å². The van der Waals surface area contributed by atoms with Gasteiger partial charge in [-0.1, -0.05) is 37.3 Å². The van der Waals surface area contributed by atoms with Crippen molar-refractivity contribution in [2.75, 3.05) is 26.2 Å². The maximum absolute atomic E-state index is 12.5. The zero-order valence-electron chi connectivity index (χ0n) is 17.8. The molecule has 0 bridgehead atoms. The minimum atomic E-state index is -3.68. The Morgan fingerprint density at radius 2 is 1.78 bits per heavy atom. The van der Waals surface area contributed by atoms with Gasteiger partial charge in [0.1, 0.15) is 11.8 Å². The normalized spacial score (nSPS) is 16.6. The maximum atomic E-state index is 12.5. The van der Waals surface area contributed by atoms with Gasteiger partial charge in [0, 0.05) is 32.2 Å². The molecule has 0 spiro atoms. The summed E-state index contributed by atoms with van der Waals surface area (Å²) in [7, 11) is -3.68. The molecule has 10 heteroatoms. The number of nitrogens with zero attached hydrogens (tertiary/aromatic N) is 2. The number of piperazine rings is 1. The molecule has 1 aliphatic heterocycles. The molecule has 0 aliphatic carbocycles. The largest absolute Gasteiger partial charge is 0.530 e. The first-order chi connectivity index (χ1) is 15.3. The van der Waals surface area contributed by atoms with Gasteiger partial charge in [-0.25, -0.2) is 13.1 Å². The van der Waals surface area contributed by atoms with E-state index in [1.54, 1.807) is 4.90 Å². The van der Waals surface area contributed by atoms with Crippen molar-refractivity contribution in [1.82, 2.24) is 14.5 Å². The SMILES string of the molecule is CCC1CN(C(=O)COc2ccc(S(=O)(=O)NCc3ccccc3)cc2)CCN1C(=O)[O-]. The van der Waals surface area contributed by atoms with E-state index in [-0.39, 0.29) is 49.6 Å². The molecule has 3 rings (SSSR count). The zero-order chi connectivity index (χ0) is 23.1. The lowest BCUT2D eigenvalue weighted by Gasteiger charge is -2.42. The van der Waals surface area contributed by atoms with Crippen molar-refractivity contribution in [2.45, 2.75) is 30.8 Å². The predicted octanol–water partition coefficient (Wildman–Crippen LogP) is 0.810. The first-order valence-corrected chi connectivity index (χ1v) is 11.8. The maximum Gasteiger partial charge on any atom is 0.260 e. The van der Waals surface area contributed by atoms with E-state index in [1.807, 2.05) is 37.3 Å². The predicted molar refractivity (Wildman–Crippen MR) is 115 cm³/mol. The smallest absolute Gasteiger partial charge is 0.260 e. The zero-order valence-corrected chi connectivity index (χ0v) is 18.6. The van der Waals surface area contributed by atoms with Gasteiger partial charge in [-0.05, 0) is 36.2 Å². The van der Waals surface area contributed by atoms with E-state index in [0.29, 0.717) is 12.2 Å². The Kier molecular flexibility index (Phi) is 7.70. The molecule has 2 aromatic carbocycles. The number of ether oxygens (including phenoxy) is 1. The highest BCUT2D eigenvalue weighted by atomic mass is 32.2. The van der Waals surface area contributed by atoms with Crippen molar-refractivity contribution < 1.29 is 27.9 Å². The fourth-order valence-corrected chi connectivity index (χ4v) is 4.50. The quantitative estimate of drug-likeness (QED) is 0.623. The van der Waals surface area contributed by atoms with Crippen LogP contribution in [0.5, 0.6) is 5.75 Å². The summed E-state index contributed by atoms with van der Waals surface area (Å²) in [5.74, 6) is 0.100. The molecule has 1 atom stereocenters. The Hall–Kier alpha value is -3.11. The lowest BCUT2D eigenvalue weighted by molar-refractivity contribution is -0.269. The number of carbonyl (C=O) groups is 2. The molecule has 0 saturated carbocycles. The number of sulfonamides is 1. The minimum absolute atomic E-state index is 0.0938. The summed E-state index contributed by atoms with van der Waals surface area (Å²) in [6.07, 6.45) is -0.652. The summed E-state index contributed by atoms with van der Waals surface area (Å²) in [5, 5.41) is 11.2. The average molecular weight is 461 g/mol. The van der Waals surface area contributed by atoms with Crippen LogP contribution in [0.3, 0.4) is 0 Å². The minimum Gasteiger partial charge on any atom is -0.530 e. The van der Waals surface area contributed by atoms with E-state index < -0.39 is 16.1 Å². The van der Waals surface area contributed by atoms with Crippen LogP contribution in [-0.2, 0) is 21.4 Å². The number of carbonyl (C=O) groups excluding carboxylic acids is 2. The van der Waals surface area contributed by atoms with Gasteiger partial charge in [0.25, 0.3) is 5.91 Å². The molecule has 172 valence electrons. The lowest BCUT2D eigenvalue weighted by Crippen LogP contribution is -2.59. The van der Waals surface area contributed by atoms with Crippen LogP contribution in [0.25, 0.3) is 0 Å². The van der Waals surface area contributed by atoms with E-state index in [4.69, 9.17) is 4.74 Å². The van der Waals surface area contributed by atoms with Gasteiger partial charge in [-0.3, -0.25) is 4.79 Å². The summed E-state index contributed by atoms with van der Waals surface area (Å²) in [6.45, 7) is 2.58. The molecule has 1 N–H and O–H groups in total.